The number of hydrogen-bond acceptors (Lipinski definition) is 17. The van der Waals surface area contributed by atoms with Crippen molar-refractivity contribution in [2.75, 3.05) is 92.5 Å². The van der Waals surface area contributed by atoms with Gasteiger partial charge in [-0.25, -0.2) is 0 Å². The second kappa shape index (κ2) is 50.7. The minimum absolute atomic E-state index is 0.00767. The van der Waals surface area contributed by atoms with Crippen molar-refractivity contribution in [3.63, 3.8) is 0 Å². The lowest BCUT2D eigenvalue weighted by atomic mass is 10.0. The maximum atomic E-state index is 10.5. The summed E-state index contributed by atoms with van der Waals surface area (Å²) in [5, 5.41) is 8.47. The van der Waals surface area contributed by atoms with Crippen LogP contribution in [0.4, 0.5) is 0 Å². The highest BCUT2D eigenvalue weighted by Crippen LogP contribution is 2.17. The van der Waals surface area contributed by atoms with E-state index < -0.39 is 11.9 Å². The van der Waals surface area contributed by atoms with Crippen LogP contribution in [0.1, 0.15) is 181 Å². The van der Waals surface area contributed by atoms with E-state index in [4.69, 9.17) is 77.2 Å². The molecule has 18 nitrogen and oxygen atoms in total. The summed E-state index contributed by atoms with van der Waals surface area (Å²) in [5.41, 5.74) is 7.12. The SMILES string of the molecule is CCC(CC(C)=O)C(=O)O.CCCCCCCCCc1ccc(OCC(C)OCC(C)OCC(C)OCC(C)OCC(C)OCC(C)OCC(C)OCC(C)OCC(C)OCC(C)OCC(C)OCC(C)OCC(C)OCC(C)N)cc1. The maximum Gasteiger partial charge on any atom is 0.306 e. The van der Waals surface area contributed by atoms with E-state index in [1.165, 1.54) is 57.4 Å². The Morgan fingerprint density at radius 3 is 0.878 bits per heavy atom. The van der Waals surface area contributed by atoms with Gasteiger partial charge in [-0.2, -0.15) is 0 Å². The summed E-state index contributed by atoms with van der Waals surface area (Å²) in [4.78, 5) is 20.8. The molecule has 0 amide bonds. The smallest absolute Gasteiger partial charge is 0.306 e. The van der Waals surface area contributed by atoms with Gasteiger partial charge in [0.1, 0.15) is 18.1 Å². The lowest BCUT2D eigenvalue weighted by Crippen LogP contribution is -2.31. The maximum absolute atomic E-state index is 10.5. The first kappa shape index (κ1) is 79.6. The molecule has 0 saturated heterocycles. The van der Waals surface area contributed by atoms with Gasteiger partial charge < -0.3 is 82.0 Å². The quantitative estimate of drug-likeness (QED) is 0.0581. The topological polar surface area (TPSA) is 210 Å². The average molecular weight is 1180 g/mol. The van der Waals surface area contributed by atoms with Crippen LogP contribution < -0.4 is 10.5 Å². The zero-order chi connectivity index (χ0) is 61.7. The van der Waals surface area contributed by atoms with Gasteiger partial charge in [-0.05, 0) is 141 Å². The molecule has 0 bridgehead atoms. The number of nitrogens with two attached hydrogens (primary N) is 1. The van der Waals surface area contributed by atoms with Crippen LogP contribution in [0.3, 0.4) is 0 Å². The van der Waals surface area contributed by atoms with E-state index in [0.717, 1.165) is 12.2 Å². The van der Waals surface area contributed by atoms with Gasteiger partial charge in [-0.1, -0.05) is 64.5 Å². The molecule has 1 aromatic rings. The van der Waals surface area contributed by atoms with Crippen LogP contribution >= 0.6 is 0 Å². The second-order valence-corrected chi connectivity index (χ2v) is 23.0. The molecule has 0 fully saturated rings. The van der Waals surface area contributed by atoms with Crippen molar-refractivity contribution < 1.29 is 81.0 Å². The molecule has 0 aliphatic heterocycles. The minimum atomic E-state index is -0.877. The van der Waals surface area contributed by atoms with E-state index in [1.807, 2.05) is 96.9 Å². The van der Waals surface area contributed by atoms with Gasteiger partial charge in [-0.15, -0.1) is 0 Å². The molecule has 1 rings (SSSR count). The van der Waals surface area contributed by atoms with Crippen molar-refractivity contribution in [1.82, 2.24) is 0 Å². The Kier molecular flexibility index (Phi) is 49.2. The molecule has 0 saturated carbocycles. The zero-order valence-electron chi connectivity index (χ0n) is 54.5. The second-order valence-electron chi connectivity index (χ2n) is 23.0. The molecule has 1 aromatic carbocycles. The molecule has 15 unspecified atom stereocenters. The van der Waals surface area contributed by atoms with Gasteiger partial charge in [0.25, 0.3) is 0 Å². The third kappa shape index (κ3) is 48.8. The van der Waals surface area contributed by atoms with E-state index in [-0.39, 0.29) is 97.6 Å². The van der Waals surface area contributed by atoms with Gasteiger partial charge in [0, 0.05) is 12.5 Å². The third-order valence-electron chi connectivity index (χ3n) is 12.9. The largest absolute Gasteiger partial charge is 0.491 e. The molecule has 0 heterocycles. The number of carboxylic acid groups (broad SMARTS) is 1. The standard InChI is InChI=1S/C57H109NO14.C7H12O3/c1-16-17-18-19-20-21-22-23-56-24-26-57(27-25-56)72-41-55(15)71-40-54(14)70-39-53(13)69-38-52(12)68-37-51(11)67-36-50(10)66-35-49(9)65-34-48(8)64-33-47(7)63-32-46(6)62-31-45(5)61-30-44(4)60-29-43(3)59-28-42(2)58;1-3-6(7(9)10)4-5(2)8/h24-27,42-55H,16-23,28-41,58H2,1-15H3;6H,3-4H2,1-2H3,(H,9,10). The van der Waals surface area contributed by atoms with Crippen molar-refractivity contribution in [1.29, 1.82) is 0 Å². The van der Waals surface area contributed by atoms with E-state index >= 15 is 0 Å². The molecular weight excluding hydrogens is 1050 g/mol. The van der Waals surface area contributed by atoms with E-state index in [9.17, 15) is 9.59 Å². The zero-order valence-corrected chi connectivity index (χ0v) is 54.5. The molecule has 0 spiro atoms. The molecule has 15 atom stereocenters. The summed E-state index contributed by atoms with van der Waals surface area (Å²) in [6.07, 6.45) is 10.1. The van der Waals surface area contributed by atoms with E-state index in [0.29, 0.717) is 98.9 Å². The number of aryl methyl sites for hydroxylation is 1. The van der Waals surface area contributed by atoms with Crippen LogP contribution in [0, 0.1) is 5.92 Å². The molecule has 0 radical (unpaired) electrons. The lowest BCUT2D eigenvalue weighted by Gasteiger charge is -2.23. The first-order chi connectivity index (χ1) is 38.9. The Labute approximate surface area is 498 Å². The summed E-state index contributed by atoms with van der Waals surface area (Å²) >= 11 is 0. The van der Waals surface area contributed by atoms with E-state index in [2.05, 4.69) is 31.2 Å². The monoisotopic (exact) mass is 1180 g/mol. The number of ether oxygens (including phenoxy) is 14. The molecule has 484 valence electrons. The van der Waals surface area contributed by atoms with Crippen LogP contribution in [-0.2, 0) is 77.6 Å². The summed E-state index contributed by atoms with van der Waals surface area (Å²) in [5.74, 6) is -0.550. The first-order valence-electron chi connectivity index (χ1n) is 31.1. The fourth-order valence-electron chi connectivity index (χ4n) is 7.54. The number of ketones is 1. The number of Topliss-reactive ketones (excluding diaryl/α,β-unsaturated/α-hetero) is 1. The predicted molar refractivity (Wildman–Crippen MR) is 324 cm³/mol. The number of unbranched alkanes of at least 4 members (excludes halogenated alkanes) is 6. The lowest BCUT2D eigenvalue weighted by molar-refractivity contribution is -0.143. The van der Waals surface area contributed by atoms with Crippen LogP contribution in [0.25, 0.3) is 0 Å². The van der Waals surface area contributed by atoms with E-state index in [1.54, 1.807) is 6.92 Å². The Hall–Kier alpha value is -2.40. The summed E-state index contributed by atoms with van der Waals surface area (Å²) in [7, 11) is 0. The number of rotatable bonds is 54. The number of benzene rings is 1. The Morgan fingerprint density at radius 1 is 0.390 bits per heavy atom. The van der Waals surface area contributed by atoms with Gasteiger partial charge >= 0.3 is 5.97 Å². The number of carboxylic acids is 1. The molecule has 82 heavy (non-hydrogen) atoms. The predicted octanol–water partition coefficient (Wildman–Crippen LogP) is 11.0. The van der Waals surface area contributed by atoms with Crippen LogP contribution in [0.2, 0.25) is 0 Å². The van der Waals surface area contributed by atoms with Gasteiger partial charge in [-0.3, -0.25) is 4.79 Å². The highest BCUT2D eigenvalue weighted by molar-refractivity contribution is 5.81. The van der Waals surface area contributed by atoms with Crippen molar-refractivity contribution >= 4 is 11.8 Å². The molecule has 0 aliphatic rings. The normalized spacial score (nSPS) is 17.4. The van der Waals surface area contributed by atoms with Gasteiger partial charge in [0.15, 0.2) is 0 Å². The first-order valence-corrected chi connectivity index (χ1v) is 31.1. The number of carbonyl (C=O) groups is 2. The average Bonchev–Trinajstić information content (AvgIpc) is 3.44. The fourth-order valence-corrected chi connectivity index (χ4v) is 7.54. The van der Waals surface area contributed by atoms with Crippen molar-refractivity contribution in [3.8, 4) is 5.75 Å². The van der Waals surface area contributed by atoms with Crippen molar-refractivity contribution in [2.24, 2.45) is 11.7 Å². The Balaban J connectivity index is 0.00000593. The van der Waals surface area contributed by atoms with Crippen LogP contribution in [-0.4, -0.2) is 195 Å². The summed E-state index contributed by atoms with van der Waals surface area (Å²) in [6, 6.07) is 8.51. The number of hydrogen-bond donors (Lipinski definition) is 2. The fraction of sp³-hybridized carbons (Fsp3) is 0.875. The summed E-state index contributed by atoms with van der Waals surface area (Å²) in [6.45, 7) is 39.9. The van der Waals surface area contributed by atoms with Crippen LogP contribution in [0.15, 0.2) is 24.3 Å². The Morgan fingerprint density at radius 2 is 0.646 bits per heavy atom. The minimum Gasteiger partial charge on any atom is -0.491 e. The number of carbonyl (C=O) groups excluding carboxylic acids is 1. The highest BCUT2D eigenvalue weighted by atomic mass is 16.6. The van der Waals surface area contributed by atoms with Gasteiger partial charge in [0.2, 0.25) is 0 Å². The molecule has 18 heteroatoms. The van der Waals surface area contributed by atoms with Crippen LogP contribution in [0.5, 0.6) is 5.75 Å². The molecular formula is C64H121NO17. The molecule has 0 aromatic heterocycles. The molecule has 3 N–H and O–H groups in total. The molecule has 0 aliphatic carbocycles. The Bertz CT molecular complexity index is 1630. The summed E-state index contributed by atoms with van der Waals surface area (Å²) < 4.78 is 83.4. The highest BCUT2D eigenvalue weighted by Gasteiger charge is 2.19. The number of aliphatic carboxylic acids is 1. The third-order valence-corrected chi connectivity index (χ3v) is 12.9. The van der Waals surface area contributed by atoms with Gasteiger partial charge in [0.05, 0.1) is 171 Å². The van der Waals surface area contributed by atoms with Crippen molar-refractivity contribution in [3.05, 3.63) is 29.8 Å². The van der Waals surface area contributed by atoms with Crippen molar-refractivity contribution in [2.45, 2.75) is 267 Å².